The Hall–Kier alpha value is -7.16. The van der Waals surface area contributed by atoms with Crippen LogP contribution in [0.15, 0.2) is 200 Å². The van der Waals surface area contributed by atoms with E-state index in [-0.39, 0.29) is 11.0 Å². The van der Waals surface area contributed by atoms with Crippen LogP contribution in [-0.2, 0) is 11.0 Å². The Morgan fingerprint density at radius 2 is 0.967 bits per heavy atom. The van der Waals surface area contributed by atoms with Gasteiger partial charge in [-0.05, 0) is 130 Å². The van der Waals surface area contributed by atoms with E-state index in [0.717, 1.165) is 17.1 Å². The number of para-hydroxylation sites is 1. The summed E-state index contributed by atoms with van der Waals surface area (Å²) in [5.74, 6) is 0. The first-order valence-electron chi connectivity index (χ1n) is 21.5. The lowest BCUT2D eigenvalue weighted by Crippen LogP contribution is -2.21. The smallest absolute Gasteiger partial charge is 0.0517 e. The van der Waals surface area contributed by atoms with Crippen LogP contribution in [0, 0.1) is 0 Å². The molecule has 10 aromatic rings. The normalized spacial score (nSPS) is 13.1. The van der Waals surface area contributed by atoms with E-state index in [0.29, 0.717) is 0 Å². The van der Waals surface area contributed by atoms with Crippen molar-refractivity contribution in [1.29, 1.82) is 0 Å². The fourth-order valence-corrected chi connectivity index (χ4v) is 10.3. The van der Waals surface area contributed by atoms with E-state index in [1.54, 1.807) is 0 Å². The van der Waals surface area contributed by atoms with Crippen LogP contribution >= 0.6 is 0 Å². The first kappa shape index (κ1) is 36.9. The van der Waals surface area contributed by atoms with Crippen LogP contribution in [-0.4, -0.2) is 4.57 Å². The number of hydrogen-bond donors (Lipinski definition) is 0. The van der Waals surface area contributed by atoms with Gasteiger partial charge in [0.15, 0.2) is 0 Å². The monoisotopic (exact) mass is 784 g/mol. The molecule has 61 heavy (non-hydrogen) atoms. The summed E-state index contributed by atoms with van der Waals surface area (Å²) in [5, 5.41) is 5.06. The third kappa shape index (κ3) is 5.92. The molecule has 0 radical (unpaired) electrons. The average Bonchev–Trinajstić information content (AvgIpc) is 3.75. The fourth-order valence-electron chi connectivity index (χ4n) is 10.3. The lowest BCUT2D eigenvalue weighted by Gasteiger charge is -2.29. The highest BCUT2D eigenvalue weighted by atomic mass is 15.1. The second-order valence-corrected chi connectivity index (χ2v) is 18.1. The third-order valence-corrected chi connectivity index (χ3v) is 13.0. The van der Waals surface area contributed by atoms with Crippen molar-refractivity contribution in [3.63, 3.8) is 0 Å². The lowest BCUT2D eigenvalue weighted by atomic mass is 9.81. The van der Waals surface area contributed by atoms with Gasteiger partial charge in [0.25, 0.3) is 0 Å². The summed E-state index contributed by atoms with van der Waals surface area (Å²) in [4.78, 5) is 2.46. The Balaban J connectivity index is 1.11. The molecule has 0 amide bonds. The highest BCUT2D eigenvalue weighted by molar-refractivity contribution is 6.10. The topological polar surface area (TPSA) is 8.17 Å². The standard InChI is InChI=1S/C59H48N2/c1-58(2,3)61-54-26-15-14-23-49(54)50-35-32-45(38-55(50)61)60(44-33-36-51-53(37-44)59(4,5)52-25-16-24-47(57(51)52)39-17-8-6-9-18-39)43-30-27-41(28-31-43)48-34-29-40-19-12-13-22-46(40)56(48)42-20-10-7-11-21-42/h6-38H,1-5H3. The van der Waals surface area contributed by atoms with E-state index in [9.17, 15) is 0 Å². The molecule has 294 valence electrons. The Labute approximate surface area is 359 Å². The number of aromatic nitrogens is 1. The molecule has 2 heteroatoms. The predicted molar refractivity (Wildman–Crippen MR) is 261 cm³/mol. The molecule has 0 aliphatic heterocycles. The maximum absolute atomic E-state index is 2.51. The first-order valence-corrected chi connectivity index (χ1v) is 21.5. The lowest BCUT2D eigenvalue weighted by molar-refractivity contribution is 0.423. The third-order valence-electron chi connectivity index (χ3n) is 13.0. The van der Waals surface area contributed by atoms with Crippen molar-refractivity contribution in [2.45, 2.75) is 45.6 Å². The molecule has 0 spiro atoms. The SMILES string of the molecule is CC1(C)c2cc(N(c3ccc(-c4ccc5ccccc5c4-c4ccccc4)cc3)c3ccc4c5ccccc5n(C(C)(C)C)c4c3)ccc2-c2c(-c3ccccc3)cccc21. The summed E-state index contributed by atoms with van der Waals surface area (Å²) in [7, 11) is 0. The molecule has 1 aliphatic carbocycles. The number of nitrogens with zero attached hydrogens (tertiary/aromatic N) is 2. The number of rotatable bonds is 6. The van der Waals surface area contributed by atoms with E-state index < -0.39 is 0 Å². The van der Waals surface area contributed by atoms with Gasteiger partial charge in [-0.15, -0.1) is 0 Å². The van der Waals surface area contributed by atoms with Crippen LogP contribution in [0.1, 0.15) is 45.7 Å². The highest BCUT2D eigenvalue weighted by Gasteiger charge is 2.37. The van der Waals surface area contributed by atoms with Crippen molar-refractivity contribution in [2.24, 2.45) is 0 Å². The van der Waals surface area contributed by atoms with Crippen molar-refractivity contribution in [3.8, 4) is 44.5 Å². The number of benzene rings is 9. The van der Waals surface area contributed by atoms with Gasteiger partial charge in [0.2, 0.25) is 0 Å². The zero-order valence-electron chi connectivity index (χ0n) is 35.4. The molecule has 1 aromatic heterocycles. The molecule has 0 bridgehead atoms. The van der Waals surface area contributed by atoms with E-state index in [2.05, 4.69) is 244 Å². The minimum atomic E-state index is -0.187. The number of fused-ring (bicyclic) bond motifs is 7. The quantitative estimate of drug-likeness (QED) is 0.163. The van der Waals surface area contributed by atoms with Crippen molar-refractivity contribution in [3.05, 3.63) is 211 Å². The highest BCUT2D eigenvalue weighted by Crippen LogP contribution is 2.54. The summed E-state index contributed by atoms with van der Waals surface area (Å²) < 4.78 is 2.51. The summed E-state index contributed by atoms with van der Waals surface area (Å²) in [6.45, 7) is 11.7. The molecule has 0 N–H and O–H groups in total. The largest absolute Gasteiger partial charge is 0.335 e. The zero-order valence-corrected chi connectivity index (χ0v) is 35.4. The van der Waals surface area contributed by atoms with Crippen LogP contribution in [0.3, 0.4) is 0 Å². The molecule has 0 unspecified atom stereocenters. The molecule has 0 saturated heterocycles. The minimum absolute atomic E-state index is 0.122. The molecule has 1 aliphatic rings. The van der Waals surface area contributed by atoms with Crippen LogP contribution in [0.5, 0.6) is 0 Å². The van der Waals surface area contributed by atoms with Crippen LogP contribution in [0.4, 0.5) is 17.1 Å². The molecular weight excluding hydrogens is 737 g/mol. The van der Waals surface area contributed by atoms with Gasteiger partial charge in [-0.2, -0.15) is 0 Å². The van der Waals surface area contributed by atoms with Gasteiger partial charge in [-0.3, -0.25) is 0 Å². The first-order chi connectivity index (χ1) is 29.7. The van der Waals surface area contributed by atoms with Gasteiger partial charge in [-0.25, -0.2) is 0 Å². The van der Waals surface area contributed by atoms with E-state index in [1.165, 1.54) is 88.2 Å². The molecule has 0 fully saturated rings. The van der Waals surface area contributed by atoms with Crippen LogP contribution < -0.4 is 4.90 Å². The maximum atomic E-state index is 2.51. The molecule has 0 atom stereocenters. The van der Waals surface area contributed by atoms with Gasteiger partial charge in [0.05, 0.1) is 5.52 Å². The Kier molecular flexibility index (Phi) is 8.44. The molecule has 1 heterocycles. The van der Waals surface area contributed by atoms with Crippen molar-refractivity contribution in [2.75, 3.05) is 4.90 Å². The van der Waals surface area contributed by atoms with Crippen LogP contribution in [0.2, 0.25) is 0 Å². The number of hydrogen-bond acceptors (Lipinski definition) is 1. The van der Waals surface area contributed by atoms with Crippen molar-refractivity contribution >= 4 is 49.6 Å². The molecular formula is C59H48N2. The molecule has 0 saturated carbocycles. The van der Waals surface area contributed by atoms with E-state index in [1.807, 2.05) is 0 Å². The summed E-state index contributed by atoms with van der Waals surface area (Å²) >= 11 is 0. The predicted octanol–water partition coefficient (Wildman–Crippen LogP) is 16.5. The second kappa shape index (κ2) is 14.0. The Morgan fingerprint density at radius 1 is 0.393 bits per heavy atom. The molecule has 11 rings (SSSR count). The van der Waals surface area contributed by atoms with Gasteiger partial charge in [0, 0.05) is 44.3 Å². The summed E-state index contributed by atoms with van der Waals surface area (Å²) in [6.07, 6.45) is 0. The Bertz CT molecular complexity index is 3290. The maximum Gasteiger partial charge on any atom is 0.0517 e. The van der Waals surface area contributed by atoms with E-state index >= 15 is 0 Å². The van der Waals surface area contributed by atoms with Crippen molar-refractivity contribution < 1.29 is 0 Å². The second-order valence-electron chi connectivity index (χ2n) is 18.1. The van der Waals surface area contributed by atoms with Gasteiger partial charge in [0.1, 0.15) is 0 Å². The average molecular weight is 785 g/mol. The zero-order chi connectivity index (χ0) is 41.5. The van der Waals surface area contributed by atoms with Gasteiger partial charge in [-0.1, -0.05) is 172 Å². The van der Waals surface area contributed by atoms with Crippen molar-refractivity contribution in [1.82, 2.24) is 4.57 Å². The van der Waals surface area contributed by atoms with Gasteiger partial charge >= 0.3 is 0 Å². The van der Waals surface area contributed by atoms with Gasteiger partial charge < -0.3 is 9.47 Å². The van der Waals surface area contributed by atoms with Crippen LogP contribution in [0.25, 0.3) is 77.1 Å². The summed E-state index contributed by atoms with van der Waals surface area (Å²) in [5.41, 5.74) is 18.4. The van der Waals surface area contributed by atoms with E-state index in [4.69, 9.17) is 0 Å². The summed E-state index contributed by atoms with van der Waals surface area (Å²) in [6, 6.07) is 74.1. The molecule has 9 aromatic carbocycles. The molecule has 2 nitrogen and oxygen atoms in total. The number of anilines is 3. The Morgan fingerprint density at radius 3 is 1.72 bits per heavy atom. The fraction of sp³-hybridized carbons (Fsp3) is 0.119. The minimum Gasteiger partial charge on any atom is -0.335 e.